The lowest BCUT2D eigenvalue weighted by Gasteiger charge is -2.22. The zero-order valence-electron chi connectivity index (χ0n) is 38.8. The van der Waals surface area contributed by atoms with E-state index >= 15 is 0 Å². The number of carbonyl (C=O) groups is 2. The van der Waals surface area contributed by atoms with E-state index in [4.69, 9.17) is 4.74 Å². The van der Waals surface area contributed by atoms with Gasteiger partial charge in [0.2, 0.25) is 5.91 Å². The predicted octanol–water partition coefficient (Wildman–Crippen LogP) is 15.1. The summed E-state index contributed by atoms with van der Waals surface area (Å²) < 4.78 is 5.46. The van der Waals surface area contributed by atoms with E-state index in [0.717, 1.165) is 57.8 Å². The highest BCUT2D eigenvalue weighted by Crippen LogP contribution is 2.16. The van der Waals surface area contributed by atoms with Crippen LogP contribution in [0, 0.1) is 0 Å². The van der Waals surface area contributed by atoms with Gasteiger partial charge in [-0.15, -0.1) is 0 Å². The fourth-order valence-corrected chi connectivity index (χ4v) is 7.79. The molecule has 58 heavy (non-hydrogen) atoms. The van der Waals surface area contributed by atoms with Crippen molar-refractivity contribution < 1.29 is 24.5 Å². The maximum atomic E-state index is 12.4. The maximum Gasteiger partial charge on any atom is 0.305 e. The van der Waals surface area contributed by atoms with E-state index < -0.39 is 12.1 Å². The van der Waals surface area contributed by atoms with Gasteiger partial charge in [0.15, 0.2) is 0 Å². The topological polar surface area (TPSA) is 95.9 Å². The van der Waals surface area contributed by atoms with Crippen LogP contribution in [0.15, 0.2) is 24.3 Å². The summed E-state index contributed by atoms with van der Waals surface area (Å²) in [5.74, 6) is -0.0633. The fourth-order valence-electron chi connectivity index (χ4n) is 7.79. The van der Waals surface area contributed by atoms with Gasteiger partial charge in [-0.1, -0.05) is 224 Å². The molecule has 0 aliphatic carbocycles. The summed E-state index contributed by atoms with van der Waals surface area (Å²) in [6.45, 7) is 4.89. The Bertz CT molecular complexity index is 904. The summed E-state index contributed by atoms with van der Waals surface area (Å²) in [5, 5.41) is 23.2. The van der Waals surface area contributed by atoms with E-state index in [-0.39, 0.29) is 18.5 Å². The van der Waals surface area contributed by atoms with Crippen molar-refractivity contribution in [2.75, 3.05) is 13.2 Å². The number of carbonyl (C=O) groups excluding carboxylic acids is 2. The number of nitrogens with one attached hydrogen (secondary N) is 1. The molecule has 0 radical (unpaired) electrons. The Kier molecular flexibility index (Phi) is 46.6. The van der Waals surface area contributed by atoms with Gasteiger partial charge in [0.05, 0.1) is 25.4 Å². The molecule has 0 spiro atoms. The van der Waals surface area contributed by atoms with Crippen molar-refractivity contribution in [1.29, 1.82) is 0 Å². The lowest BCUT2D eigenvalue weighted by Crippen LogP contribution is -2.45. The number of unbranched alkanes of at least 4 members (excludes halogenated alkanes) is 32. The third kappa shape index (κ3) is 43.9. The zero-order chi connectivity index (χ0) is 42.3. The second kappa shape index (κ2) is 48.0. The van der Waals surface area contributed by atoms with Gasteiger partial charge in [0, 0.05) is 12.8 Å². The van der Waals surface area contributed by atoms with E-state index in [0.29, 0.717) is 25.9 Å². The summed E-state index contributed by atoms with van der Waals surface area (Å²) in [5.41, 5.74) is 0. The number of aliphatic hydroxyl groups excluding tert-OH is 2. The van der Waals surface area contributed by atoms with Crippen LogP contribution in [0.4, 0.5) is 0 Å². The largest absolute Gasteiger partial charge is 0.466 e. The Labute approximate surface area is 361 Å². The van der Waals surface area contributed by atoms with Gasteiger partial charge in [-0.3, -0.25) is 9.59 Å². The van der Waals surface area contributed by atoms with Crippen LogP contribution < -0.4 is 5.32 Å². The molecular weight excluding hydrogens is 719 g/mol. The van der Waals surface area contributed by atoms with E-state index in [2.05, 4.69) is 43.5 Å². The van der Waals surface area contributed by atoms with Crippen molar-refractivity contribution >= 4 is 11.9 Å². The minimum atomic E-state index is -0.670. The predicted molar refractivity (Wildman–Crippen MR) is 250 cm³/mol. The highest BCUT2D eigenvalue weighted by atomic mass is 16.5. The molecule has 0 aromatic carbocycles. The van der Waals surface area contributed by atoms with Gasteiger partial charge in [-0.05, 0) is 57.8 Å². The molecular formula is C52H99NO5. The molecule has 0 aliphatic heterocycles. The number of allylic oxidation sites excluding steroid dienone is 4. The van der Waals surface area contributed by atoms with Crippen LogP contribution in [-0.2, 0) is 14.3 Å². The van der Waals surface area contributed by atoms with Gasteiger partial charge in [0.1, 0.15) is 0 Å². The molecule has 2 atom stereocenters. The molecule has 342 valence electrons. The molecule has 2 unspecified atom stereocenters. The summed E-state index contributed by atoms with van der Waals surface area (Å²) in [6.07, 6.45) is 55.7. The highest BCUT2D eigenvalue weighted by Gasteiger charge is 2.20. The average molecular weight is 818 g/mol. The molecule has 1 amide bonds. The first kappa shape index (κ1) is 56.3. The van der Waals surface area contributed by atoms with Gasteiger partial charge in [-0.2, -0.15) is 0 Å². The van der Waals surface area contributed by atoms with Crippen molar-refractivity contribution in [2.45, 2.75) is 283 Å². The molecule has 0 rings (SSSR count). The van der Waals surface area contributed by atoms with Crippen LogP contribution in [-0.4, -0.2) is 47.4 Å². The number of hydrogen-bond donors (Lipinski definition) is 3. The minimum absolute atomic E-state index is 0.0164. The second-order valence-electron chi connectivity index (χ2n) is 17.5. The second-order valence-corrected chi connectivity index (χ2v) is 17.5. The lowest BCUT2D eigenvalue weighted by atomic mass is 10.0. The Morgan fingerprint density at radius 1 is 0.483 bits per heavy atom. The third-order valence-electron chi connectivity index (χ3n) is 11.8. The van der Waals surface area contributed by atoms with Gasteiger partial charge in [0.25, 0.3) is 0 Å². The van der Waals surface area contributed by atoms with Crippen LogP contribution >= 0.6 is 0 Å². The van der Waals surface area contributed by atoms with Crippen LogP contribution in [0.1, 0.15) is 271 Å². The Hall–Kier alpha value is -1.66. The summed E-state index contributed by atoms with van der Waals surface area (Å²) in [7, 11) is 0. The average Bonchev–Trinajstić information content (AvgIpc) is 3.22. The number of rotatable bonds is 47. The molecule has 0 fully saturated rings. The molecule has 0 aromatic rings. The Balaban J connectivity index is 3.44. The standard InChI is InChI=1S/C52H99NO5/c1-3-5-7-9-11-13-15-17-18-22-26-30-34-38-42-46-52(57)58-47-43-39-35-31-27-23-20-19-21-25-29-33-37-41-45-51(56)53-49(48-54)50(55)44-40-36-32-28-24-16-14-12-10-8-6-4-2/h11,13,17-18,49-50,54-55H,3-10,12,14-16,19-48H2,1-2H3,(H,53,56)/b13-11-,18-17-. The van der Waals surface area contributed by atoms with E-state index in [1.54, 1.807) is 0 Å². The SMILES string of the molecule is CCCCC/C=C\C/C=C\CCCCCCCC(=O)OCCCCCCCCCCCCCCCCC(=O)NC(CO)C(O)CCCCCCCCCCCCCC. The minimum Gasteiger partial charge on any atom is -0.466 e. The van der Waals surface area contributed by atoms with Gasteiger partial charge >= 0.3 is 5.97 Å². The molecule has 0 aliphatic rings. The highest BCUT2D eigenvalue weighted by molar-refractivity contribution is 5.76. The molecule has 0 saturated carbocycles. The van der Waals surface area contributed by atoms with Crippen LogP contribution in [0.25, 0.3) is 0 Å². The van der Waals surface area contributed by atoms with Crippen molar-refractivity contribution in [3.8, 4) is 0 Å². The van der Waals surface area contributed by atoms with Crippen molar-refractivity contribution in [3.63, 3.8) is 0 Å². The zero-order valence-corrected chi connectivity index (χ0v) is 38.8. The smallest absolute Gasteiger partial charge is 0.305 e. The first-order chi connectivity index (χ1) is 28.5. The first-order valence-corrected chi connectivity index (χ1v) is 25.6. The molecule has 0 saturated heterocycles. The third-order valence-corrected chi connectivity index (χ3v) is 11.8. The van der Waals surface area contributed by atoms with Crippen LogP contribution in [0.5, 0.6) is 0 Å². The number of aliphatic hydroxyl groups is 2. The summed E-state index contributed by atoms with van der Waals surface area (Å²) in [6, 6.07) is -0.548. The number of hydrogen-bond acceptors (Lipinski definition) is 5. The summed E-state index contributed by atoms with van der Waals surface area (Å²) >= 11 is 0. The first-order valence-electron chi connectivity index (χ1n) is 25.6. The molecule has 0 bridgehead atoms. The number of esters is 1. The van der Waals surface area contributed by atoms with E-state index in [1.165, 1.54) is 180 Å². The number of amides is 1. The van der Waals surface area contributed by atoms with Crippen LogP contribution in [0.2, 0.25) is 0 Å². The summed E-state index contributed by atoms with van der Waals surface area (Å²) in [4.78, 5) is 24.4. The Morgan fingerprint density at radius 3 is 1.34 bits per heavy atom. The quantitative estimate of drug-likeness (QED) is 0.0323. The molecule has 6 heteroatoms. The van der Waals surface area contributed by atoms with Crippen molar-refractivity contribution in [3.05, 3.63) is 24.3 Å². The van der Waals surface area contributed by atoms with E-state index in [9.17, 15) is 19.8 Å². The molecule has 0 heterocycles. The van der Waals surface area contributed by atoms with Gasteiger partial charge < -0.3 is 20.3 Å². The molecule has 3 N–H and O–H groups in total. The number of ether oxygens (including phenoxy) is 1. The van der Waals surface area contributed by atoms with Crippen molar-refractivity contribution in [2.24, 2.45) is 0 Å². The normalized spacial score (nSPS) is 12.8. The van der Waals surface area contributed by atoms with E-state index in [1.807, 2.05) is 0 Å². The van der Waals surface area contributed by atoms with Crippen molar-refractivity contribution in [1.82, 2.24) is 5.32 Å². The monoisotopic (exact) mass is 818 g/mol. The fraction of sp³-hybridized carbons (Fsp3) is 0.885. The molecule has 6 nitrogen and oxygen atoms in total. The maximum absolute atomic E-state index is 12.4. The lowest BCUT2D eigenvalue weighted by molar-refractivity contribution is -0.143. The van der Waals surface area contributed by atoms with Crippen LogP contribution in [0.3, 0.4) is 0 Å². The van der Waals surface area contributed by atoms with Gasteiger partial charge in [-0.25, -0.2) is 0 Å². The molecule has 0 aromatic heterocycles. The Morgan fingerprint density at radius 2 is 0.862 bits per heavy atom.